The van der Waals surface area contributed by atoms with Crippen molar-refractivity contribution in [3.63, 3.8) is 0 Å². The van der Waals surface area contributed by atoms with Crippen LogP contribution in [-0.4, -0.2) is 59.8 Å². The van der Waals surface area contributed by atoms with Gasteiger partial charge in [0.05, 0.1) is 18.8 Å². The lowest BCUT2D eigenvalue weighted by Gasteiger charge is -2.25. The van der Waals surface area contributed by atoms with E-state index in [0.29, 0.717) is 6.54 Å². The summed E-state index contributed by atoms with van der Waals surface area (Å²) in [5.41, 5.74) is 2.36. The van der Waals surface area contributed by atoms with Gasteiger partial charge in [0, 0.05) is 44.0 Å². The molecule has 2 rings (SSSR count). The molecule has 0 radical (unpaired) electrons. The predicted molar refractivity (Wildman–Crippen MR) is 109 cm³/mol. The molecule has 0 aliphatic heterocycles. The van der Waals surface area contributed by atoms with E-state index in [2.05, 4.69) is 41.2 Å². The fourth-order valence-corrected chi connectivity index (χ4v) is 2.89. The average Bonchev–Trinajstić information content (AvgIpc) is 3.02. The lowest BCUT2D eigenvalue weighted by Crippen LogP contribution is -2.39. The van der Waals surface area contributed by atoms with Gasteiger partial charge >= 0.3 is 0 Å². The van der Waals surface area contributed by atoms with Crippen LogP contribution in [0.3, 0.4) is 0 Å². The highest BCUT2D eigenvalue weighted by Gasteiger charge is 2.16. The van der Waals surface area contributed by atoms with E-state index < -0.39 is 0 Å². The maximum Gasteiger partial charge on any atom is 0.194 e. The van der Waals surface area contributed by atoms with Gasteiger partial charge < -0.3 is 15.1 Å². The smallest absolute Gasteiger partial charge is 0.194 e. The standard InChI is InChI=1S/C19H29ClN6/c1-6-21-19(25(4)13-15-7-9-17(20)10-8-15)22-12-18(24(2)3)16-11-23-26(5)14-16/h7-11,14,18H,6,12-13H2,1-5H3,(H,21,22). The zero-order valence-corrected chi connectivity index (χ0v) is 17.0. The van der Waals surface area contributed by atoms with Crippen LogP contribution in [0.1, 0.15) is 24.1 Å². The summed E-state index contributed by atoms with van der Waals surface area (Å²) in [5, 5.41) is 8.41. The Labute approximate surface area is 161 Å². The van der Waals surface area contributed by atoms with E-state index in [4.69, 9.17) is 16.6 Å². The molecule has 1 atom stereocenters. The number of guanidine groups is 1. The Hall–Kier alpha value is -2.05. The number of aliphatic imine (C=N–C) groups is 1. The number of hydrogen-bond donors (Lipinski definition) is 1. The van der Waals surface area contributed by atoms with E-state index in [1.54, 1.807) is 0 Å². The predicted octanol–water partition coefficient (Wildman–Crippen LogP) is 2.77. The van der Waals surface area contributed by atoms with Gasteiger partial charge in [-0.1, -0.05) is 23.7 Å². The van der Waals surface area contributed by atoms with Gasteiger partial charge in [-0.05, 0) is 38.7 Å². The Morgan fingerprint density at radius 1 is 1.27 bits per heavy atom. The van der Waals surface area contributed by atoms with Gasteiger partial charge in [-0.15, -0.1) is 0 Å². The van der Waals surface area contributed by atoms with Gasteiger partial charge in [-0.25, -0.2) is 0 Å². The molecule has 7 heteroatoms. The molecule has 1 N–H and O–H groups in total. The Balaban J connectivity index is 2.11. The lowest BCUT2D eigenvalue weighted by molar-refractivity contribution is 0.305. The molecule has 1 aromatic heterocycles. The van der Waals surface area contributed by atoms with Crippen molar-refractivity contribution < 1.29 is 0 Å². The molecule has 6 nitrogen and oxygen atoms in total. The van der Waals surface area contributed by atoms with Crippen LogP contribution in [0.2, 0.25) is 5.02 Å². The molecule has 1 heterocycles. The van der Waals surface area contributed by atoms with Crippen molar-refractivity contribution >= 4 is 17.6 Å². The molecule has 26 heavy (non-hydrogen) atoms. The van der Waals surface area contributed by atoms with Crippen molar-refractivity contribution in [3.05, 3.63) is 52.8 Å². The van der Waals surface area contributed by atoms with E-state index in [1.165, 1.54) is 5.56 Å². The molecule has 0 saturated heterocycles. The first-order valence-electron chi connectivity index (χ1n) is 8.79. The van der Waals surface area contributed by atoms with Crippen LogP contribution in [0.4, 0.5) is 0 Å². The highest BCUT2D eigenvalue weighted by Crippen LogP contribution is 2.18. The quantitative estimate of drug-likeness (QED) is 0.596. The van der Waals surface area contributed by atoms with Crippen molar-refractivity contribution in [2.45, 2.75) is 19.5 Å². The first kappa shape index (κ1) is 20.3. The Morgan fingerprint density at radius 2 is 1.96 bits per heavy atom. The van der Waals surface area contributed by atoms with Crippen molar-refractivity contribution in [3.8, 4) is 0 Å². The second-order valence-electron chi connectivity index (χ2n) is 6.60. The second-order valence-corrected chi connectivity index (χ2v) is 7.04. The van der Waals surface area contributed by atoms with Crippen LogP contribution in [0, 0.1) is 0 Å². The van der Waals surface area contributed by atoms with E-state index in [-0.39, 0.29) is 6.04 Å². The van der Waals surface area contributed by atoms with Gasteiger partial charge in [0.1, 0.15) is 0 Å². The third-order valence-electron chi connectivity index (χ3n) is 4.18. The molecule has 0 amide bonds. The summed E-state index contributed by atoms with van der Waals surface area (Å²) < 4.78 is 1.83. The van der Waals surface area contributed by atoms with Gasteiger partial charge in [0.15, 0.2) is 5.96 Å². The molecule has 0 aliphatic carbocycles. The summed E-state index contributed by atoms with van der Waals surface area (Å²) >= 11 is 5.97. The summed E-state index contributed by atoms with van der Waals surface area (Å²) in [7, 11) is 8.11. The molecule has 1 unspecified atom stereocenters. The maximum atomic E-state index is 5.97. The minimum absolute atomic E-state index is 0.182. The van der Waals surface area contributed by atoms with Crippen LogP contribution < -0.4 is 5.32 Å². The van der Waals surface area contributed by atoms with Gasteiger partial charge in [-0.2, -0.15) is 5.10 Å². The molecule has 0 saturated carbocycles. The lowest BCUT2D eigenvalue weighted by atomic mass is 10.1. The third-order valence-corrected chi connectivity index (χ3v) is 4.43. The number of aromatic nitrogens is 2. The number of benzene rings is 1. The fourth-order valence-electron chi connectivity index (χ4n) is 2.76. The number of nitrogens with zero attached hydrogens (tertiary/aromatic N) is 5. The number of aryl methyl sites for hydroxylation is 1. The molecule has 2 aromatic rings. The monoisotopic (exact) mass is 376 g/mol. The summed E-state index contributed by atoms with van der Waals surface area (Å²) in [4.78, 5) is 9.16. The molecule has 0 aliphatic rings. The summed E-state index contributed by atoms with van der Waals surface area (Å²) in [6.07, 6.45) is 3.95. The molecule has 0 fully saturated rings. The van der Waals surface area contributed by atoms with Crippen LogP contribution >= 0.6 is 11.6 Å². The molecule has 142 valence electrons. The number of hydrogen-bond acceptors (Lipinski definition) is 3. The Bertz CT molecular complexity index is 707. The average molecular weight is 377 g/mol. The first-order chi connectivity index (χ1) is 12.4. The molecule has 0 bridgehead atoms. The fraction of sp³-hybridized carbons (Fsp3) is 0.474. The second kappa shape index (κ2) is 9.59. The Kier molecular flexibility index (Phi) is 7.48. The van der Waals surface area contributed by atoms with Gasteiger partial charge in [0.25, 0.3) is 0 Å². The topological polar surface area (TPSA) is 48.7 Å². The van der Waals surface area contributed by atoms with Crippen molar-refractivity contribution in [2.75, 3.05) is 34.2 Å². The summed E-state index contributed by atoms with van der Waals surface area (Å²) in [6, 6.07) is 8.10. The van der Waals surface area contributed by atoms with Crippen molar-refractivity contribution in [1.82, 2.24) is 24.9 Å². The highest BCUT2D eigenvalue weighted by atomic mass is 35.5. The first-order valence-corrected chi connectivity index (χ1v) is 9.17. The van der Waals surface area contributed by atoms with Crippen LogP contribution in [0.5, 0.6) is 0 Å². The van der Waals surface area contributed by atoms with E-state index >= 15 is 0 Å². The number of likely N-dealkylation sites (N-methyl/N-ethyl adjacent to an activating group) is 1. The van der Waals surface area contributed by atoms with E-state index in [1.807, 2.05) is 55.4 Å². The summed E-state index contributed by atoms with van der Waals surface area (Å²) in [5.74, 6) is 0.887. The number of halogens is 1. The van der Waals surface area contributed by atoms with Crippen molar-refractivity contribution in [1.29, 1.82) is 0 Å². The largest absolute Gasteiger partial charge is 0.357 e. The highest BCUT2D eigenvalue weighted by molar-refractivity contribution is 6.30. The number of nitrogens with one attached hydrogen (secondary N) is 1. The van der Waals surface area contributed by atoms with Crippen molar-refractivity contribution in [2.24, 2.45) is 12.0 Å². The maximum absolute atomic E-state index is 5.97. The normalized spacial score (nSPS) is 13.1. The Morgan fingerprint density at radius 3 is 2.50 bits per heavy atom. The molecule has 0 spiro atoms. The third kappa shape index (κ3) is 5.75. The van der Waals surface area contributed by atoms with Crippen LogP contribution in [0.25, 0.3) is 0 Å². The van der Waals surface area contributed by atoms with Gasteiger partial charge in [-0.3, -0.25) is 9.67 Å². The minimum atomic E-state index is 0.182. The summed E-state index contributed by atoms with van der Waals surface area (Å²) in [6.45, 7) is 4.33. The number of rotatable bonds is 7. The zero-order valence-electron chi connectivity index (χ0n) is 16.3. The minimum Gasteiger partial charge on any atom is -0.357 e. The van der Waals surface area contributed by atoms with Gasteiger partial charge in [0.2, 0.25) is 0 Å². The molecular weight excluding hydrogens is 348 g/mol. The zero-order chi connectivity index (χ0) is 19.1. The molecular formula is C19H29ClN6. The van der Waals surface area contributed by atoms with E-state index in [0.717, 1.165) is 29.6 Å². The van der Waals surface area contributed by atoms with E-state index in [9.17, 15) is 0 Å². The van der Waals surface area contributed by atoms with Crippen LogP contribution in [-0.2, 0) is 13.6 Å². The molecule has 1 aromatic carbocycles. The van der Waals surface area contributed by atoms with Crippen LogP contribution in [0.15, 0.2) is 41.7 Å². The SMILES string of the molecule is CCNC(=NCC(c1cnn(C)c1)N(C)C)N(C)Cc1ccc(Cl)cc1.